The van der Waals surface area contributed by atoms with E-state index in [1.165, 1.54) is 0 Å². The van der Waals surface area contributed by atoms with Gasteiger partial charge in [0.1, 0.15) is 12.4 Å². The number of methoxy groups -OCH3 is 1. The Bertz CT molecular complexity index is 1010. The molecule has 3 aromatic rings. The second kappa shape index (κ2) is 10.8. The molecule has 0 bridgehead atoms. The summed E-state index contributed by atoms with van der Waals surface area (Å²) in [5.74, 6) is 2.06. The van der Waals surface area contributed by atoms with Gasteiger partial charge in [0.2, 0.25) is 0 Å². The standard InChI is InChI=1S/C23H22Cl2N2O3/c1-3-29-23-12-16(14-26-27-19-7-9-20(28-2)10-8-19)4-11-22(23)30-15-17-5-6-18(24)13-21(17)25/h4-14,27H,3,15H2,1-2H3/b26-14+. The maximum Gasteiger partial charge on any atom is 0.161 e. The highest BCUT2D eigenvalue weighted by atomic mass is 35.5. The number of nitrogens with one attached hydrogen (secondary N) is 1. The van der Waals surface area contributed by atoms with Gasteiger partial charge in [-0.25, -0.2) is 0 Å². The molecule has 0 spiro atoms. The van der Waals surface area contributed by atoms with E-state index >= 15 is 0 Å². The molecule has 3 rings (SSSR count). The molecule has 0 aliphatic heterocycles. The van der Waals surface area contributed by atoms with Gasteiger partial charge in [-0.1, -0.05) is 29.3 Å². The van der Waals surface area contributed by atoms with Crippen LogP contribution in [0.15, 0.2) is 65.8 Å². The van der Waals surface area contributed by atoms with Gasteiger partial charge < -0.3 is 14.2 Å². The first kappa shape index (κ1) is 21.8. The van der Waals surface area contributed by atoms with Crippen LogP contribution < -0.4 is 19.6 Å². The highest BCUT2D eigenvalue weighted by molar-refractivity contribution is 6.35. The van der Waals surface area contributed by atoms with E-state index in [4.69, 9.17) is 37.4 Å². The first-order chi connectivity index (χ1) is 14.6. The van der Waals surface area contributed by atoms with Gasteiger partial charge in [-0.2, -0.15) is 5.10 Å². The molecule has 0 amide bonds. The Morgan fingerprint density at radius 3 is 2.43 bits per heavy atom. The number of hydrogen-bond acceptors (Lipinski definition) is 5. The van der Waals surface area contributed by atoms with Gasteiger partial charge in [0.15, 0.2) is 11.5 Å². The van der Waals surface area contributed by atoms with Crippen molar-refractivity contribution < 1.29 is 14.2 Å². The number of halogens is 2. The number of nitrogens with zero attached hydrogens (tertiary/aromatic N) is 1. The molecule has 3 aromatic carbocycles. The van der Waals surface area contributed by atoms with Crippen LogP contribution in [0.2, 0.25) is 10.0 Å². The van der Waals surface area contributed by atoms with Crippen molar-refractivity contribution in [2.24, 2.45) is 5.10 Å². The van der Waals surface area contributed by atoms with Crippen molar-refractivity contribution >= 4 is 35.1 Å². The Balaban J connectivity index is 1.67. The zero-order valence-electron chi connectivity index (χ0n) is 16.7. The number of hydrazone groups is 1. The number of benzene rings is 3. The summed E-state index contributed by atoms with van der Waals surface area (Å²) in [5.41, 5.74) is 5.56. The third kappa shape index (κ3) is 6.05. The van der Waals surface area contributed by atoms with E-state index < -0.39 is 0 Å². The highest BCUT2D eigenvalue weighted by Crippen LogP contribution is 2.30. The average molecular weight is 445 g/mol. The molecule has 156 valence electrons. The molecule has 0 unspecified atom stereocenters. The molecular weight excluding hydrogens is 423 g/mol. The van der Waals surface area contributed by atoms with E-state index in [1.54, 1.807) is 25.5 Å². The molecule has 30 heavy (non-hydrogen) atoms. The Hall–Kier alpha value is -2.89. The largest absolute Gasteiger partial charge is 0.497 e. The van der Waals surface area contributed by atoms with Crippen molar-refractivity contribution in [3.05, 3.63) is 81.8 Å². The van der Waals surface area contributed by atoms with Crippen LogP contribution in [0.5, 0.6) is 17.2 Å². The lowest BCUT2D eigenvalue weighted by Gasteiger charge is -2.13. The topological polar surface area (TPSA) is 52.1 Å². The first-order valence-electron chi connectivity index (χ1n) is 9.35. The average Bonchev–Trinajstić information content (AvgIpc) is 2.75. The predicted molar refractivity (Wildman–Crippen MR) is 123 cm³/mol. The van der Waals surface area contributed by atoms with E-state index in [2.05, 4.69) is 10.5 Å². The molecule has 0 aromatic heterocycles. The summed E-state index contributed by atoms with van der Waals surface area (Å²) in [6.07, 6.45) is 1.71. The van der Waals surface area contributed by atoms with Crippen LogP contribution in [0.25, 0.3) is 0 Å². The van der Waals surface area contributed by atoms with Gasteiger partial charge >= 0.3 is 0 Å². The fourth-order valence-electron chi connectivity index (χ4n) is 2.63. The Morgan fingerprint density at radius 2 is 1.73 bits per heavy atom. The minimum Gasteiger partial charge on any atom is -0.497 e. The summed E-state index contributed by atoms with van der Waals surface area (Å²) in [6.45, 7) is 2.75. The van der Waals surface area contributed by atoms with Gasteiger partial charge in [0.25, 0.3) is 0 Å². The predicted octanol–water partition coefficient (Wildman–Crippen LogP) is 6.43. The van der Waals surface area contributed by atoms with Crippen molar-refractivity contribution in [2.75, 3.05) is 19.1 Å². The molecule has 0 aliphatic rings. The number of ether oxygens (including phenoxy) is 3. The maximum absolute atomic E-state index is 6.22. The second-order valence-electron chi connectivity index (χ2n) is 6.26. The highest BCUT2D eigenvalue weighted by Gasteiger charge is 2.08. The van der Waals surface area contributed by atoms with Gasteiger partial charge in [-0.15, -0.1) is 0 Å². The quantitative estimate of drug-likeness (QED) is 0.305. The zero-order chi connectivity index (χ0) is 21.3. The summed E-state index contributed by atoms with van der Waals surface area (Å²) < 4.78 is 16.8. The van der Waals surface area contributed by atoms with Gasteiger partial charge in [0.05, 0.1) is 25.6 Å². The fraction of sp³-hybridized carbons (Fsp3) is 0.174. The van der Waals surface area contributed by atoms with E-state index in [0.717, 1.165) is 22.6 Å². The monoisotopic (exact) mass is 444 g/mol. The van der Waals surface area contributed by atoms with Gasteiger partial charge in [-0.05, 0) is 67.1 Å². The normalized spacial score (nSPS) is 10.8. The van der Waals surface area contributed by atoms with Crippen molar-refractivity contribution in [2.45, 2.75) is 13.5 Å². The lowest BCUT2D eigenvalue weighted by molar-refractivity contribution is 0.269. The van der Waals surface area contributed by atoms with E-state index in [-0.39, 0.29) is 0 Å². The van der Waals surface area contributed by atoms with E-state index in [1.807, 2.05) is 55.5 Å². The van der Waals surface area contributed by atoms with Crippen LogP contribution in [-0.2, 0) is 6.61 Å². The Labute approximate surface area is 186 Å². The third-order valence-electron chi connectivity index (χ3n) is 4.16. The van der Waals surface area contributed by atoms with Crippen molar-refractivity contribution in [1.29, 1.82) is 0 Å². The number of hydrogen-bond donors (Lipinski definition) is 1. The molecule has 0 aliphatic carbocycles. The van der Waals surface area contributed by atoms with Crippen LogP contribution in [0, 0.1) is 0 Å². The van der Waals surface area contributed by atoms with Crippen molar-refractivity contribution in [3.63, 3.8) is 0 Å². The maximum atomic E-state index is 6.22. The molecule has 0 atom stereocenters. The summed E-state index contributed by atoms with van der Waals surface area (Å²) in [4.78, 5) is 0. The minimum absolute atomic E-state index is 0.308. The van der Waals surface area contributed by atoms with Crippen LogP contribution in [0.4, 0.5) is 5.69 Å². The Kier molecular flexibility index (Phi) is 7.82. The molecule has 0 saturated carbocycles. The SMILES string of the molecule is CCOc1cc(/C=N/Nc2ccc(OC)cc2)ccc1OCc1ccc(Cl)cc1Cl. The molecule has 0 saturated heterocycles. The lowest BCUT2D eigenvalue weighted by atomic mass is 10.2. The van der Waals surface area contributed by atoms with Crippen LogP contribution >= 0.6 is 23.2 Å². The van der Waals surface area contributed by atoms with Crippen molar-refractivity contribution in [3.8, 4) is 17.2 Å². The number of anilines is 1. The summed E-state index contributed by atoms with van der Waals surface area (Å²) >= 11 is 12.2. The minimum atomic E-state index is 0.308. The molecule has 1 N–H and O–H groups in total. The summed E-state index contributed by atoms with van der Waals surface area (Å²) in [5, 5.41) is 5.42. The first-order valence-corrected chi connectivity index (χ1v) is 10.1. The second-order valence-corrected chi connectivity index (χ2v) is 7.11. The van der Waals surface area contributed by atoms with Crippen LogP contribution in [0.3, 0.4) is 0 Å². The Morgan fingerprint density at radius 1 is 0.933 bits per heavy atom. The van der Waals surface area contributed by atoms with Crippen LogP contribution in [-0.4, -0.2) is 19.9 Å². The fourth-order valence-corrected chi connectivity index (χ4v) is 3.10. The van der Waals surface area contributed by atoms with E-state index in [0.29, 0.717) is 34.8 Å². The number of rotatable bonds is 9. The van der Waals surface area contributed by atoms with Gasteiger partial charge in [0, 0.05) is 15.6 Å². The summed E-state index contributed by atoms with van der Waals surface area (Å²) in [7, 11) is 1.63. The molecule has 0 fully saturated rings. The zero-order valence-corrected chi connectivity index (χ0v) is 18.2. The van der Waals surface area contributed by atoms with Crippen LogP contribution in [0.1, 0.15) is 18.1 Å². The smallest absolute Gasteiger partial charge is 0.161 e. The molecule has 7 heteroatoms. The van der Waals surface area contributed by atoms with Crippen molar-refractivity contribution in [1.82, 2.24) is 0 Å². The third-order valence-corrected chi connectivity index (χ3v) is 4.75. The summed E-state index contributed by atoms with van der Waals surface area (Å²) in [6, 6.07) is 18.5. The van der Waals surface area contributed by atoms with E-state index in [9.17, 15) is 0 Å². The lowest BCUT2D eigenvalue weighted by Crippen LogP contribution is -2.01. The molecule has 5 nitrogen and oxygen atoms in total. The molecular formula is C23H22Cl2N2O3. The van der Waals surface area contributed by atoms with Gasteiger partial charge in [-0.3, -0.25) is 5.43 Å². The molecule has 0 heterocycles. The molecule has 0 radical (unpaired) electrons.